The van der Waals surface area contributed by atoms with Crippen molar-refractivity contribution in [2.75, 3.05) is 33.2 Å². The van der Waals surface area contributed by atoms with Crippen LogP contribution in [-0.2, 0) is 20.4 Å². The van der Waals surface area contributed by atoms with Crippen LogP contribution in [0.3, 0.4) is 0 Å². The molecule has 11 heteroatoms. The molecule has 0 aliphatic rings. The van der Waals surface area contributed by atoms with Crippen LogP contribution in [0.5, 0.6) is 0 Å². The number of aromatic nitrogens is 4. The second kappa shape index (κ2) is 9.00. The molecule has 0 saturated heterocycles. The Labute approximate surface area is 146 Å². The van der Waals surface area contributed by atoms with Crippen LogP contribution in [-0.4, -0.2) is 68.8 Å². The largest absolute Gasteiger partial charge is 0.367 e. The summed E-state index contributed by atoms with van der Waals surface area (Å²) in [5.41, 5.74) is 1.22. The van der Waals surface area contributed by atoms with E-state index in [1.165, 1.54) is 13.4 Å². The molecule has 0 fully saturated rings. The summed E-state index contributed by atoms with van der Waals surface area (Å²) in [6.07, 6.45) is 4.44. The third-order valence-corrected chi connectivity index (χ3v) is 4.63. The minimum atomic E-state index is -3.66. The Morgan fingerprint density at radius 2 is 2.12 bits per heavy atom. The molecule has 0 radical (unpaired) electrons. The van der Waals surface area contributed by atoms with Gasteiger partial charge in [0.05, 0.1) is 19.3 Å². The van der Waals surface area contributed by atoms with Crippen molar-refractivity contribution in [1.82, 2.24) is 24.4 Å². The van der Waals surface area contributed by atoms with Crippen molar-refractivity contribution in [2.45, 2.75) is 20.4 Å². The van der Waals surface area contributed by atoms with Crippen molar-refractivity contribution in [3.63, 3.8) is 0 Å². The summed E-state index contributed by atoms with van der Waals surface area (Å²) in [6, 6.07) is 0. The van der Waals surface area contributed by atoms with Gasteiger partial charge in [0.2, 0.25) is 0 Å². The quantitative estimate of drug-likeness (QED) is 0.290. The van der Waals surface area contributed by atoms with E-state index in [0.29, 0.717) is 23.5 Å². The van der Waals surface area contributed by atoms with Gasteiger partial charge in [0, 0.05) is 26.7 Å². The molecule has 0 saturated carbocycles. The molecule has 2 aromatic heterocycles. The van der Waals surface area contributed by atoms with E-state index in [4.69, 9.17) is 4.74 Å². The molecule has 138 valence electrons. The fourth-order valence-corrected chi connectivity index (χ4v) is 2.51. The topological polar surface area (TPSA) is 115 Å². The van der Waals surface area contributed by atoms with E-state index in [-0.39, 0.29) is 13.0 Å². The Bertz CT molecular complexity index is 761. The first-order valence-corrected chi connectivity index (χ1v) is 9.66. The number of fused-ring (bicyclic) bond motifs is 1. The van der Waals surface area contributed by atoms with Gasteiger partial charge in [0.15, 0.2) is 17.0 Å². The van der Waals surface area contributed by atoms with E-state index in [9.17, 15) is 9.46 Å². The monoisotopic (exact) mass is 370 g/mol. The Morgan fingerprint density at radius 3 is 2.80 bits per heavy atom. The lowest BCUT2D eigenvalue weighted by Gasteiger charge is -2.13. The van der Waals surface area contributed by atoms with Gasteiger partial charge < -0.3 is 23.6 Å². The summed E-state index contributed by atoms with van der Waals surface area (Å²) in [6.45, 7) is 6.47. The summed E-state index contributed by atoms with van der Waals surface area (Å²) in [5, 5.41) is 0. The number of rotatable bonds is 10. The second-order valence-corrected chi connectivity index (χ2v) is 7.03. The van der Waals surface area contributed by atoms with Crippen molar-refractivity contribution in [3.8, 4) is 0 Å². The van der Waals surface area contributed by atoms with Gasteiger partial charge in [-0.3, -0.25) is 4.57 Å². The van der Waals surface area contributed by atoms with Crippen LogP contribution in [0.25, 0.3) is 11.2 Å². The zero-order valence-electron chi connectivity index (χ0n) is 14.6. The van der Waals surface area contributed by atoms with Crippen molar-refractivity contribution >= 4 is 30.9 Å². The molecular formula is C14H23N6O4P. The minimum absolute atomic E-state index is 0.224. The molecule has 0 aliphatic heterocycles. The molecular weight excluding hydrogens is 347 g/mol. The Kier molecular flexibility index (Phi) is 7.01. The molecule has 10 nitrogen and oxygen atoms in total. The standard InChI is InChI=1S/C14H23N6O4P/c1-4-19(5-2)9-18-13-12-14(16-8-15-13)20(10-17-12)6-7-24-11-25(21,22)23-3/h8-10H,4-7,11H2,1-3H3,(H,21,22)/b18-9-. The highest BCUT2D eigenvalue weighted by molar-refractivity contribution is 7.52. The molecule has 2 aromatic rings. The van der Waals surface area contributed by atoms with Gasteiger partial charge in [-0.05, 0) is 13.8 Å². The van der Waals surface area contributed by atoms with Gasteiger partial charge in [-0.2, -0.15) is 0 Å². The SMILES string of the molecule is CCN(/C=N\c1ncnc2c1ncn2CCOCP(=O)(O)OC)CC. The van der Waals surface area contributed by atoms with Crippen LogP contribution in [0.15, 0.2) is 17.6 Å². The number of nitrogens with zero attached hydrogens (tertiary/aromatic N) is 6. The lowest BCUT2D eigenvalue weighted by atomic mass is 10.5. The summed E-state index contributed by atoms with van der Waals surface area (Å²) >= 11 is 0. The molecule has 0 amide bonds. The van der Waals surface area contributed by atoms with Crippen LogP contribution in [0, 0.1) is 0 Å². The fraction of sp³-hybridized carbons (Fsp3) is 0.571. The summed E-state index contributed by atoms with van der Waals surface area (Å²) < 4.78 is 22.7. The first-order valence-electron chi connectivity index (χ1n) is 7.90. The average Bonchev–Trinajstić information content (AvgIpc) is 3.03. The summed E-state index contributed by atoms with van der Waals surface area (Å²) in [5.74, 6) is 0.496. The molecule has 1 N–H and O–H groups in total. The molecule has 2 rings (SSSR count). The van der Waals surface area contributed by atoms with Crippen molar-refractivity contribution in [3.05, 3.63) is 12.7 Å². The first-order chi connectivity index (χ1) is 12.0. The fourth-order valence-electron chi connectivity index (χ4n) is 2.05. The van der Waals surface area contributed by atoms with E-state index in [1.54, 1.807) is 17.2 Å². The molecule has 1 atom stereocenters. The third kappa shape index (κ3) is 5.30. The molecule has 2 heterocycles. The maximum atomic E-state index is 11.3. The highest BCUT2D eigenvalue weighted by atomic mass is 31.2. The van der Waals surface area contributed by atoms with Gasteiger partial charge in [0.1, 0.15) is 12.7 Å². The van der Waals surface area contributed by atoms with Crippen LogP contribution in [0.4, 0.5) is 5.82 Å². The van der Waals surface area contributed by atoms with Gasteiger partial charge in [0.25, 0.3) is 0 Å². The van der Waals surface area contributed by atoms with Crippen LogP contribution in [0.1, 0.15) is 13.8 Å². The lowest BCUT2D eigenvalue weighted by Crippen LogP contribution is -2.20. The van der Waals surface area contributed by atoms with Crippen LogP contribution in [0.2, 0.25) is 0 Å². The van der Waals surface area contributed by atoms with E-state index in [1.807, 2.05) is 4.90 Å². The number of aliphatic imine (C=N–C) groups is 1. The van der Waals surface area contributed by atoms with E-state index in [2.05, 4.69) is 38.3 Å². The normalized spacial score (nSPS) is 14.2. The number of hydrogen-bond acceptors (Lipinski definition) is 7. The summed E-state index contributed by atoms with van der Waals surface area (Å²) in [4.78, 5) is 28.4. The maximum absolute atomic E-state index is 11.3. The Morgan fingerprint density at radius 1 is 1.36 bits per heavy atom. The molecule has 0 spiro atoms. The smallest absolute Gasteiger partial charge is 0.353 e. The van der Waals surface area contributed by atoms with E-state index >= 15 is 0 Å². The lowest BCUT2D eigenvalue weighted by molar-refractivity contribution is 0.144. The van der Waals surface area contributed by atoms with Crippen molar-refractivity contribution in [2.24, 2.45) is 4.99 Å². The van der Waals surface area contributed by atoms with Gasteiger partial charge >= 0.3 is 7.60 Å². The number of imidazole rings is 1. The van der Waals surface area contributed by atoms with Crippen molar-refractivity contribution in [1.29, 1.82) is 0 Å². The highest BCUT2D eigenvalue weighted by Crippen LogP contribution is 2.40. The molecule has 25 heavy (non-hydrogen) atoms. The second-order valence-electron chi connectivity index (χ2n) is 5.13. The van der Waals surface area contributed by atoms with Crippen LogP contribution >= 0.6 is 7.60 Å². The molecule has 1 unspecified atom stereocenters. The zero-order chi connectivity index (χ0) is 18.3. The zero-order valence-corrected chi connectivity index (χ0v) is 15.5. The van der Waals surface area contributed by atoms with Crippen molar-refractivity contribution < 1.29 is 18.7 Å². The van der Waals surface area contributed by atoms with Crippen LogP contribution < -0.4 is 0 Å². The maximum Gasteiger partial charge on any atom is 0.353 e. The van der Waals surface area contributed by atoms with Gasteiger partial charge in [-0.1, -0.05) is 0 Å². The Hall–Kier alpha value is -1.87. The Balaban J connectivity index is 2.06. The minimum Gasteiger partial charge on any atom is -0.367 e. The third-order valence-electron chi connectivity index (χ3n) is 3.55. The molecule has 0 bridgehead atoms. The van der Waals surface area contributed by atoms with E-state index in [0.717, 1.165) is 13.1 Å². The highest BCUT2D eigenvalue weighted by Gasteiger charge is 2.17. The first kappa shape index (κ1) is 19.5. The number of hydrogen-bond donors (Lipinski definition) is 1. The molecule has 0 aliphatic carbocycles. The van der Waals surface area contributed by atoms with Gasteiger partial charge in [-0.15, -0.1) is 0 Å². The number of ether oxygens (including phenoxy) is 1. The van der Waals surface area contributed by atoms with Gasteiger partial charge in [-0.25, -0.2) is 19.9 Å². The predicted molar refractivity (Wildman–Crippen MR) is 94.0 cm³/mol. The van der Waals surface area contributed by atoms with E-state index < -0.39 is 7.60 Å². The predicted octanol–water partition coefficient (Wildman–Crippen LogP) is 1.63. The summed E-state index contributed by atoms with van der Waals surface area (Å²) in [7, 11) is -2.49. The average molecular weight is 370 g/mol. The molecule has 0 aromatic carbocycles.